The minimum absolute atomic E-state index is 0.186. The highest BCUT2D eigenvalue weighted by atomic mass is 16.6. The zero-order valence-electron chi connectivity index (χ0n) is 11.0. The first kappa shape index (κ1) is 12.7. The third kappa shape index (κ3) is 2.73. The normalized spacial score (nSPS) is 23.2. The Bertz CT molecular complexity index is 294. The average molecular weight is 241 g/mol. The lowest BCUT2D eigenvalue weighted by atomic mass is 9.57. The summed E-state index contributed by atoms with van der Waals surface area (Å²) in [5.41, 5.74) is -0.0460. The summed E-state index contributed by atoms with van der Waals surface area (Å²) in [7, 11) is 0. The van der Waals surface area contributed by atoms with Crippen LogP contribution in [0, 0.1) is 11.3 Å². The van der Waals surface area contributed by atoms with Gasteiger partial charge in [0.2, 0.25) is 0 Å². The van der Waals surface area contributed by atoms with Crippen LogP contribution >= 0.6 is 0 Å². The number of carbonyl (C=O) groups excluding carboxylic acids is 1. The third-order valence-electron chi connectivity index (χ3n) is 3.68. The Labute approximate surface area is 103 Å². The van der Waals surface area contributed by atoms with Gasteiger partial charge in [0.05, 0.1) is 0 Å². The summed E-state index contributed by atoms with van der Waals surface area (Å²) in [4.78, 5) is 13.5. The van der Waals surface area contributed by atoms with Gasteiger partial charge < -0.3 is 14.7 Å². The zero-order chi connectivity index (χ0) is 12.7. The molecule has 0 aromatic carbocycles. The molecule has 1 aliphatic heterocycles. The summed E-state index contributed by atoms with van der Waals surface area (Å²) >= 11 is 0. The summed E-state index contributed by atoms with van der Waals surface area (Å²) in [6.07, 6.45) is 3.04. The molecule has 2 fully saturated rings. The van der Waals surface area contributed by atoms with Gasteiger partial charge in [0.1, 0.15) is 5.60 Å². The van der Waals surface area contributed by atoms with Crippen molar-refractivity contribution in [3.8, 4) is 0 Å². The molecule has 1 aliphatic carbocycles. The molecule has 1 heterocycles. The molecule has 0 aromatic heterocycles. The van der Waals surface area contributed by atoms with Gasteiger partial charge in [-0.15, -0.1) is 0 Å². The fourth-order valence-electron chi connectivity index (χ4n) is 3.03. The first-order chi connectivity index (χ1) is 7.84. The second-order valence-electron chi connectivity index (χ2n) is 6.62. The van der Waals surface area contributed by atoms with E-state index in [0.717, 1.165) is 32.4 Å². The van der Waals surface area contributed by atoms with Crippen LogP contribution in [-0.4, -0.2) is 41.4 Å². The summed E-state index contributed by atoms with van der Waals surface area (Å²) in [5, 5.41) is 8.85. The maximum absolute atomic E-state index is 11.7. The minimum Gasteiger partial charge on any atom is -0.444 e. The van der Waals surface area contributed by atoms with Crippen LogP contribution in [0.3, 0.4) is 0 Å². The molecule has 0 unspecified atom stereocenters. The van der Waals surface area contributed by atoms with E-state index in [1.54, 1.807) is 4.90 Å². The Morgan fingerprint density at radius 2 is 2.00 bits per heavy atom. The van der Waals surface area contributed by atoms with Crippen LogP contribution in [0.15, 0.2) is 0 Å². The molecule has 0 bridgehead atoms. The van der Waals surface area contributed by atoms with E-state index in [9.17, 15) is 4.79 Å². The number of aliphatic hydroxyl groups excluding tert-OH is 1. The number of nitrogens with zero attached hydrogens (tertiary/aromatic N) is 1. The van der Waals surface area contributed by atoms with Gasteiger partial charge >= 0.3 is 6.09 Å². The van der Waals surface area contributed by atoms with E-state index in [1.165, 1.54) is 0 Å². The third-order valence-corrected chi connectivity index (χ3v) is 3.68. The van der Waals surface area contributed by atoms with Gasteiger partial charge in [0.15, 0.2) is 0 Å². The lowest BCUT2D eigenvalue weighted by Gasteiger charge is -2.58. The number of aliphatic hydroxyl groups is 1. The Morgan fingerprint density at radius 3 is 2.47 bits per heavy atom. The molecule has 2 aliphatic rings. The van der Waals surface area contributed by atoms with Crippen molar-refractivity contribution in [2.75, 3.05) is 19.7 Å². The van der Waals surface area contributed by atoms with E-state index in [-0.39, 0.29) is 12.7 Å². The molecule has 1 N–H and O–H groups in total. The quantitative estimate of drug-likeness (QED) is 0.804. The number of rotatable bonds is 2. The van der Waals surface area contributed by atoms with Crippen LogP contribution in [-0.2, 0) is 4.74 Å². The Balaban J connectivity index is 1.71. The van der Waals surface area contributed by atoms with E-state index in [4.69, 9.17) is 9.84 Å². The second kappa shape index (κ2) is 4.16. The number of ether oxygens (including phenoxy) is 1. The first-order valence-electron chi connectivity index (χ1n) is 6.42. The van der Waals surface area contributed by atoms with Crippen molar-refractivity contribution in [2.45, 2.75) is 45.6 Å². The highest BCUT2D eigenvalue weighted by Crippen LogP contribution is 2.53. The molecule has 98 valence electrons. The van der Waals surface area contributed by atoms with Crippen LogP contribution in [0.5, 0.6) is 0 Å². The molecule has 1 saturated heterocycles. The van der Waals surface area contributed by atoms with E-state index >= 15 is 0 Å². The monoisotopic (exact) mass is 241 g/mol. The largest absolute Gasteiger partial charge is 0.444 e. The number of amides is 1. The Morgan fingerprint density at radius 1 is 1.41 bits per heavy atom. The molecule has 17 heavy (non-hydrogen) atoms. The minimum atomic E-state index is -0.404. The van der Waals surface area contributed by atoms with E-state index in [2.05, 4.69) is 0 Å². The topological polar surface area (TPSA) is 49.8 Å². The van der Waals surface area contributed by atoms with Crippen molar-refractivity contribution >= 4 is 6.09 Å². The number of hydrogen-bond acceptors (Lipinski definition) is 3. The maximum Gasteiger partial charge on any atom is 0.410 e. The molecule has 2 rings (SSSR count). The molecule has 4 heteroatoms. The number of likely N-dealkylation sites (tertiary alicyclic amines) is 1. The molecular weight excluding hydrogens is 218 g/mol. The van der Waals surface area contributed by atoms with E-state index in [1.807, 2.05) is 20.8 Å². The molecular formula is C13H23NO3. The fraction of sp³-hybridized carbons (Fsp3) is 0.923. The highest BCUT2D eigenvalue weighted by molar-refractivity contribution is 5.69. The standard InChI is InChI=1S/C13H23NO3/c1-12(2,3)17-11(16)14-8-13(9-14)6-10(7-13)4-5-15/h10,15H,4-9H2,1-3H3. The average Bonchev–Trinajstić information content (AvgIpc) is 2.03. The predicted octanol–water partition coefficient (Wildman–Crippen LogP) is 2.02. The summed E-state index contributed by atoms with van der Waals surface area (Å²) < 4.78 is 5.32. The zero-order valence-corrected chi connectivity index (χ0v) is 11.0. The van der Waals surface area contributed by atoms with Crippen LogP contribution in [0.4, 0.5) is 4.79 Å². The Kier molecular flexibility index (Phi) is 3.10. The summed E-state index contributed by atoms with van der Waals surface area (Å²) in [6.45, 7) is 7.63. The predicted molar refractivity (Wildman–Crippen MR) is 64.7 cm³/mol. The van der Waals surface area contributed by atoms with Gasteiger partial charge in [-0.05, 0) is 46.0 Å². The summed E-state index contributed by atoms with van der Waals surface area (Å²) in [6, 6.07) is 0. The van der Waals surface area contributed by atoms with Gasteiger partial charge in [0, 0.05) is 25.1 Å². The number of carbonyl (C=O) groups is 1. The van der Waals surface area contributed by atoms with Crippen molar-refractivity contribution in [3.63, 3.8) is 0 Å². The van der Waals surface area contributed by atoms with Crippen LogP contribution < -0.4 is 0 Å². The second-order valence-corrected chi connectivity index (χ2v) is 6.62. The van der Waals surface area contributed by atoms with Gasteiger partial charge in [-0.1, -0.05) is 0 Å². The van der Waals surface area contributed by atoms with Crippen molar-refractivity contribution in [1.29, 1.82) is 0 Å². The molecule has 0 aromatic rings. The molecule has 1 spiro atoms. The van der Waals surface area contributed by atoms with Crippen molar-refractivity contribution in [2.24, 2.45) is 11.3 Å². The van der Waals surface area contributed by atoms with Crippen molar-refractivity contribution in [1.82, 2.24) is 4.90 Å². The molecule has 1 saturated carbocycles. The highest BCUT2D eigenvalue weighted by Gasteiger charge is 2.53. The lowest BCUT2D eigenvalue weighted by Crippen LogP contribution is -2.64. The smallest absolute Gasteiger partial charge is 0.410 e. The Hall–Kier alpha value is -0.770. The van der Waals surface area contributed by atoms with E-state index in [0.29, 0.717) is 11.3 Å². The SMILES string of the molecule is CC(C)(C)OC(=O)N1CC2(CC(CCO)C2)C1. The maximum atomic E-state index is 11.7. The molecule has 0 atom stereocenters. The van der Waals surface area contributed by atoms with Gasteiger partial charge in [-0.3, -0.25) is 0 Å². The van der Waals surface area contributed by atoms with Crippen LogP contribution in [0.25, 0.3) is 0 Å². The van der Waals surface area contributed by atoms with Gasteiger partial charge in [0.25, 0.3) is 0 Å². The summed E-state index contributed by atoms with van der Waals surface area (Å²) in [5.74, 6) is 0.667. The fourth-order valence-corrected chi connectivity index (χ4v) is 3.03. The molecule has 1 amide bonds. The van der Waals surface area contributed by atoms with Crippen LogP contribution in [0.2, 0.25) is 0 Å². The first-order valence-corrected chi connectivity index (χ1v) is 6.42. The van der Waals surface area contributed by atoms with Crippen molar-refractivity contribution in [3.05, 3.63) is 0 Å². The lowest BCUT2D eigenvalue weighted by molar-refractivity contribution is -0.0985. The van der Waals surface area contributed by atoms with Crippen molar-refractivity contribution < 1.29 is 14.6 Å². The molecule has 4 nitrogen and oxygen atoms in total. The number of hydrogen-bond donors (Lipinski definition) is 1. The van der Waals surface area contributed by atoms with Crippen LogP contribution in [0.1, 0.15) is 40.0 Å². The van der Waals surface area contributed by atoms with Gasteiger partial charge in [-0.2, -0.15) is 0 Å². The molecule has 0 radical (unpaired) electrons. The van der Waals surface area contributed by atoms with E-state index < -0.39 is 5.60 Å². The van der Waals surface area contributed by atoms with Gasteiger partial charge in [-0.25, -0.2) is 4.79 Å².